The average Bonchev–Trinajstić information content (AvgIpc) is 2.21. The topological polar surface area (TPSA) is 26.3 Å². The highest BCUT2D eigenvalue weighted by Gasteiger charge is 2.11. The van der Waals surface area contributed by atoms with Crippen molar-refractivity contribution in [3.8, 4) is 0 Å². The highest BCUT2D eigenvalue weighted by molar-refractivity contribution is 9.10. The zero-order valence-electron chi connectivity index (χ0n) is 9.26. The van der Waals surface area contributed by atoms with Crippen molar-refractivity contribution in [1.82, 2.24) is 0 Å². The van der Waals surface area contributed by atoms with Crippen molar-refractivity contribution < 1.29 is 9.53 Å². The zero-order valence-corrected chi connectivity index (χ0v) is 10.8. The van der Waals surface area contributed by atoms with Gasteiger partial charge in [-0.3, -0.25) is 4.79 Å². The van der Waals surface area contributed by atoms with Gasteiger partial charge in [-0.1, -0.05) is 28.9 Å². The van der Waals surface area contributed by atoms with Crippen LogP contribution < -0.4 is 0 Å². The minimum atomic E-state index is -0.200. The molecule has 0 fully saturated rings. The third kappa shape index (κ3) is 3.06. The summed E-state index contributed by atoms with van der Waals surface area (Å²) in [4.78, 5) is 11.2. The second-order valence-electron chi connectivity index (χ2n) is 3.49. The molecule has 0 saturated carbocycles. The van der Waals surface area contributed by atoms with Gasteiger partial charge in [0, 0.05) is 4.47 Å². The third-order valence-electron chi connectivity index (χ3n) is 2.36. The van der Waals surface area contributed by atoms with E-state index in [4.69, 9.17) is 0 Å². The molecule has 3 heteroatoms. The van der Waals surface area contributed by atoms with Gasteiger partial charge in [0.25, 0.3) is 0 Å². The van der Waals surface area contributed by atoms with Crippen molar-refractivity contribution in [3.05, 3.63) is 33.3 Å². The molecule has 0 saturated heterocycles. The number of esters is 1. The minimum absolute atomic E-state index is 0.200. The lowest BCUT2D eigenvalue weighted by atomic mass is 10.00. The number of benzene rings is 1. The van der Waals surface area contributed by atoms with Crippen molar-refractivity contribution in [2.45, 2.75) is 26.7 Å². The molecule has 0 aromatic heterocycles. The predicted octanol–water partition coefficient (Wildman–Crippen LogP) is 3.04. The first-order chi connectivity index (χ1) is 7.08. The van der Waals surface area contributed by atoms with Crippen LogP contribution in [0.4, 0.5) is 0 Å². The maximum atomic E-state index is 11.2. The standard InChI is InChI=1S/C12H15BrO2/c1-4-9-5-8(2)6-11(13)10(9)7-12(14)15-3/h5-6H,4,7H2,1-3H3. The Hall–Kier alpha value is -0.830. The van der Waals surface area contributed by atoms with E-state index >= 15 is 0 Å². The maximum Gasteiger partial charge on any atom is 0.310 e. The number of aryl methyl sites for hydroxylation is 2. The smallest absolute Gasteiger partial charge is 0.310 e. The van der Waals surface area contributed by atoms with E-state index in [-0.39, 0.29) is 5.97 Å². The van der Waals surface area contributed by atoms with E-state index in [9.17, 15) is 4.79 Å². The molecule has 0 aliphatic rings. The second kappa shape index (κ2) is 5.31. The summed E-state index contributed by atoms with van der Waals surface area (Å²) >= 11 is 3.49. The first kappa shape index (κ1) is 12.2. The van der Waals surface area contributed by atoms with E-state index in [0.717, 1.165) is 16.5 Å². The highest BCUT2D eigenvalue weighted by atomic mass is 79.9. The lowest BCUT2D eigenvalue weighted by Gasteiger charge is -2.10. The number of rotatable bonds is 3. The molecule has 2 nitrogen and oxygen atoms in total. The van der Waals surface area contributed by atoms with Crippen LogP contribution in [-0.2, 0) is 22.4 Å². The molecule has 0 spiro atoms. The van der Waals surface area contributed by atoms with E-state index in [1.54, 1.807) is 0 Å². The number of methoxy groups -OCH3 is 1. The molecule has 82 valence electrons. The lowest BCUT2D eigenvalue weighted by Crippen LogP contribution is -2.07. The van der Waals surface area contributed by atoms with Gasteiger partial charge in [-0.05, 0) is 36.1 Å². The molecule has 0 bridgehead atoms. The Morgan fingerprint density at radius 2 is 2.13 bits per heavy atom. The molecule has 0 aliphatic heterocycles. The van der Waals surface area contributed by atoms with Gasteiger partial charge < -0.3 is 4.74 Å². The van der Waals surface area contributed by atoms with Gasteiger partial charge in [0.1, 0.15) is 0 Å². The second-order valence-corrected chi connectivity index (χ2v) is 4.35. The molecule has 1 aromatic rings. The van der Waals surface area contributed by atoms with Crippen molar-refractivity contribution in [2.24, 2.45) is 0 Å². The quantitative estimate of drug-likeness (QED) is 0.790. The molecule has 0 aliphatic carbocycles. The van der Waals surface area contributed by atoms with E-state index < -0.39 is 0 Å². The molecule has 0 atom stereocenters. The summed E-state index contributed by atoms with van der Waals surface area (Å²) in [5.74, 6) is -0.200. The summed E-state index contributed by atoms with van der Waals surface area (Å²) in [6.45, 7) is 4.13. The number of carbonyl (C=O) groups excluding carboxylic acids is 1. The fourth-order valence-corrected chi connectivity index (χ4v) is 2.33. The Morgan fingerprint density at radius 1 is 1.47 bits per heavy atom. The molecule has 15 heavy (non-hydrogen) atoms. The summed E-state index contributed by atoms with van der Waals surface area (Å²) in [7, 11) is 1.41. The summed E-state index contributed by atoms with van der Waals surface area (Å²) in [5.41, 5.74) is 3.44. The maximum absolute atomic E-state index is 11.2. The Labute approximate surface area is 98.8 Å². The van der Waals surface area contributed by atoms with Crippen LogP contribution in [0.2, 0.25) is 0 Å². The van der Waals surface area contributed by atoms with Crippen LogP contribution in [0, 0.1) is 6.92 Å². The molecule has 0 heterocycles. The summed E-state index contributed by atoms with van der Waals surface area (Å²) in [5, 5.41) is 0. The fraction of sp³-hybridized carbons (Fsp3) is 0.417. The zero-order chi connectivity index (χ0) is 11.4. The van der Waals surface area contributed by atoms with Crippen LogP contribution in [0.25, 0.3) is 0 Å². The Kier molecular flexibility index (Phi) is 4.33. The Morgan fingerprint density at radius 3 is 2.67 bits per heavy atom. The predicted molar refractivity (Wildman–Crippen MR) is 64.0 cm³/mol. The van der Waals surface area contributed by atoms with E-state index in [1.165, 1.54) is 18.2 Å². The van der Waals surface area contributed by atoms with Crippen molar-refractivity contribution in [3.63, 3.8) is 0 Å². The molecule has 0 N–H and O–H groups in total. The molecular formula is C12H15BrO2. The molecule has 0 radical (unpaired) electrons. The van der Waals surface area contributed by atoms with Gasteiger partial charge in [-0.25, -0.2) is 0 Å². The molecule has 0 unspecified atom stereocenters. The van der Waals surface area contributed by atoms with Gasteiger partial charge in [-0.15, -0.1) is 0 Å². The Bertz CT molecular complexity index is 372. The number of halogens is 1. The summed E-state index contributed by atoms with van der Waals surface area (Å²) in [6.07, 6.45) is 1.26. The van der Waals surface area contributed by atoms with Gasteiger partial charge >= 0.3 is 5.97 Å². The van der Waals surface area contributed by atoms with E-state index in [0.29, 0.717) is 6.42 Å². The lowest BCUT2D eigenvalue weighted by molar-refractivity contribution is -0.139. The summed E-state index contributed by atoms with van der Waals surface area (Å²) in [6, 6.07) is 4.14. The third-order valence-corrected chi connectivity index (χ3v) is 3.07. The van der Waals surface area contributed by atoms with Crippen LogP contribution in [0.3, 0.4) is 0 Å². The number of hydrogen-bond acceptors (Lipinski definition) is 2. The highest BCUT2D eigenvalue weighted by Crippen LogP contribution is 2.24. The normalized spacial score (nSPS) is 10.1. The number of carbonyl (C=O) groups is 1. The minimum Gasteiger partial charge on any atom is -0.469 e. The van der Waals surface area contributed by atoms with Gasteiger partial charge in [-0.2, -0.15) is 0 Å². The molecular weight excluding hydrogens is 256 g/mol. The van der Waals surface area contributed by atoms with Crippen LogP contribution in [0.5, 0.6) is 0 Å². The first-order valence-electron chi connectivity index (χ1n) is 4.93. The van der Waals surface area contributed by atoms with Crippen LogP contribution in [-0.4, -0.2) is 13.1 Å². The molecule has 1 aromatic carbocycles. The van der Waals surface area contributed by atoms with Gasteiger partial charge in [0.2, 0.25) is 0 Å². The van der Waals surface area contributed by atoms with Gasteiger partial charge in [0.05, 0.1) is 13.5 Å². The molecule has 0 amide bonds. The van der Waals surface area contributed by atoms with E-state index in [2.05, 4.69) is 33.7 Å². The van der Waals surface area contributed by atoms with Crippen LogP contribution in [0.15, 0.2) is 16.6 Å². The monoisotopic (exact) mass is 270 g/mol. The van der Waals surface area contributed by atoms with Crippen molar-refractivity contribution in [2.75, 3.05) is 7.11 Å². The largest absolute Gasteiger partial charge is 0.469 e. The van der Waals surface area contributed by atoms with Crippen molar-refractivity contribution >= 4 is 21.9 Å². The van der Waals surface area contributed by atoms with Crippen molar-refractivity contribution in [1.29, 1.82) is 0 Å². The first-order valence-corrected chi connectivity index (χ1v) is 5.72. The fourth-order valence-electron chi connectivity index (χ4n) is 1.57. The number of ether oxygens (including phenoxy) is 1. The van der Waals surface area contributed by atoms with E-state index in [1.807, 2.05) is 13.0 Å². The average molecular weight is 271 g/mol. The van der Waals surface area contributed by atoms with Crippen LogP contribution >= 0.6 is 15.9 Å². The van der Waals surface area contributed by atoms with Gasteiger partial charge in [0.15, 0.2) is 0 Å². The Balaban J connectivity index is 3.09. The van der Waals surface area contributed by atoms with Crippen LogP contribution in [0.1, 0.15) is 23.6 Å². The SMILES string of the molecule is CCc1cc(C)cc(Br)c1CC(=O)OC. The molecule has 1 rings (SSSR count). The number of hydrogen-bond donors (Lipinski definition) is 0. The summed E-state index contributed by atoms with van der Waals surface area (Å²) < 4.78 is 5.67.